The van der Waals surface area contributed by atoms with E-state index < -0.39 is 11.7 Å². The highest BCUT2D eigenvalue weighted by Crippen LogP contribution is 2.39. The van der Waals surface area contributed by atoms with Crippen molar-refractivity contribution in [3.63, 3.8) is 0 Å². The van der Waals surface area contributed by atoms with E-state index in [0.29, 0.717) is 5.56 Å². The number of nitrogens with zero attached hydrogens (tertiary/aromatic N) is 3. The molecule has 4 heterocycles. The van der Waals surface area contributed by atoms with E-state index in [9.17, 15) is 13.2 Å². The Morgan fingerprint density at radius 2 is 1.97 bits per heavy atom. The van der Waals surface area contributed by atoms with E-state index in [4.69, 9.17) is 0 Å². The fourth-order valence-electron chi connectivity index (χ4n) is 4.50. The van der Waals surface area contributed by atoms with Gasteiger partial charge in [-0.15, -0.1) is 0 Å². The van der Waals surface area contributed by atoms with Crippen LogP contribution in [-0.2, 0) is 6.18 Å². The Bertz CT molecular complexity index is 1060. The Hall–Kier alpha value is -2.81. The molecule has 3 N–H and O–H groups in total. The number of rotatable bonds is 4. The lowest BCUT2D eigenvalue weighted by molar-refractivity contribution is -0.137. The maximum absolute atomic E-state index is 13.8. The average Bonchev–Trinajstić information content (AvgIpc) is 3.43. The van der Waals surface area contributed by atoms with Gasteiger partial charge in [-0.25, -0.2) is 9.97 Å². The molecule has 0 aliphatic carbocycles. The summed E-state index contributed by atoms with van der Waals surface area (Å²) < 4.78 is 41.3. The summed E-state index contributed by atoms with van der Waals surface area (Å²) in [5.74, 6) is 0.222. The molecule has 0 amide bonds. The zero-order valence-electron chi connectivity index (χ0n) is 17.1. The van der Waals surface area contributed by atoms with Crippen LogP contribution in [0.15, 0.2) is 30.6 Å². The SMILES string of the molecule is FC(F)(F)c1cnc(N[C@H]2CCCNC2)nc1-c1c[nH]c2cc(N3CCCC3)ccc12. The number of aromatic amines is 1. The molecule has 0 unspecified atom stereocenters. The molecule has 3 aromatic rings. The van der Waals surface area contributed by atoms with Crippen molar-refractivity contribution in [3.8, 4) is 11.3 Å². The number of piperidine rings is 1. The molecule has 164 valence electrons. The zero-order chi connectivity index (χ0) is 21.4. The van der Waals surface area contributed by atoms with Crippen LogP contribution in [0.5, 0.6) is 0 Å². The lowest BCUT2D eigenvalue weighted by atomic mass is 10.1. The van der Waals surface area contributed by atoms with Crippen molar-refractivity contribution < 1.29 is 13.2 Å². The van der Waals surface area contributed by atoms with Gasteiger partial charge in [-0.3, -0.25) is 0 Å². The Labute approximate surface area is 178 Å². The van der Waals surface area contributed by atoms with Gasteiger partial charge in [-0.2, -0.15) is 13.2 Å². The second kappa shape index (κ2) is 8.03. The van der Waals surface area contributed by atoms with Gasteiger partial charge in [0.2, 0.25) is 5.95 Å². The number of halogens is 3. The first-order chi connectivity index (χ1) is 15.0. The molecule has 31 heavy (non-hydrogen) atoms. The van der Waals surface area contributed by atoms with Crippen molar-refractivity contribution in [1.82, 2.24) is 20.3 Å². The largest absolute Gasteiger partial charge is 0.419 e. The first-order valence-corrected chi connectivity index (χ1v) is 10.8. The van der Waals surface area contributed by atoms with Gasteiger partial charge < -0.3 is 20.5 Å². The Balaban J connectivity index is 1.53. The number of nitrogens with one attached hydrogen (secondary N) is 3. The molecular weight excluding hydrogens is 405 g/mol. The molecule has 0 saturated carbocycles. The molecule has 2 aromatic heterocycles. The van der Waals surface area contributed by atoms with Gasteiger partial charge >= 0.3 is 6.18 Å². The van der Waals surface area contributed by atoms with Crippen molar-refractivity contribution in [1.29, 1.82) is 0 Å². The van der Waals surface area contributed by atoms with Crippen LogP contribution in [0.1, 0.15) is 31.2 Å². The summed E-state index contributed by atoms with van der Waals surface area (Å²) in [6.07, 6.45) is 2.22. The normalized spacial score (nSPS) is 19.8. The maximum Gasteiger partial charge on any atom is 0.419 e. The summed E-state index contributed by atoms with van der Waals surface area (Å²) in [5, 5.41) is 7.19. The summed E-state index contributed by atoms with van der Waals surface area (Å²) >= 11 is 0. The van der Waals surface area contributed by atoms with E-state index in [-0.39, 0.29) is 17.7 Å². The molecule has 0 bridgehead atoms. The van der Waals surface area contributed by atoms with Crippen molar-refractivity contribution in [2.75, 3.05) is 36.4 Å². The van der Waals surface area contributed by atoms with Gasteiger partial charge in [-0.1, -0.05) is 6.07 Å². The maximum atomic E-state index is 13.8. The number of hydrogen-bond donors (Lipinski definition) is 3. The van der Waals surface area contributed by atoms with E-state index in [1.807, 2.05) is 18.2 Å². The lowest BCUT2D eigenvalue weighted by Gasteiger charge is -2.24. The van der Waals surface area contributed by atoms with Crippen molar-refractivity contribution in [2.45, 2.75) is 37.9 Å². The van der Waals surface area contributed by atoms with Gasteiger partial charge in [-0.05, 0) is 44.4 Å². The summed E-state index contributed by atoms with van der Waals surface area (Å²) in [5.41, 5.74) is 1.39. The lowest BCUT2D eigenvalue weighted by Crippen LogP contribution is -2.38. The van der Waals surface area contributed by atoms with E-state index >= 15 is 0 Å². The van der Waals surface area contributed by atoms with E-state index in [0.717, 1.165) is 74.6 Å². The van der Waals surface area contributed by atoms with E-state index in [1.54, 1.807) is 6.20 Å². The molecule has 5 rings (SSSR count). The molecule has 0 radical (unpaired) electrons. The standard InChI is InChI=1S/C22H25F3N6/c23-22(24,25)18-13-28-21(29-14-4-3-7-26-11-14)30-20(18)17-12-27-19-10-15(5-6-16(17)19)31-8-1-2-9-31/h5-6,10,12-14,26-27H,1-4,7-9,11H2,(H,28,29,30)/t14-/m0/s1. The van der Waals surface area contributed by atoms with Crippen molar-refractivity contribution in [3.05, 3.63) is 36.2 Å². The van der Waals surface area contributed by atoms with Crippen LogP contribution < -0.4 is 15.5 Å². The van der Waals surface area contributed by atoms with Crippen LogP contribution in [0.2, 0.25) is 0 Å². The predicted molar refractivity (Wildman–Crippen MR) is 115 cm³/mol. The fourth-order valence-corrected chi connectivity index (χ4v) is 4.50. The summed E-state index contributed by atoms with van der Waals surface area (Å²) in [6.45, 7) is 3.71. The Kier molecular flexibility index (Phi) is 5.21. The minimum absolute atomic E-state index is 0.101. The zero-order valence-corrected chi connectivity index (χ0v) is 17.1. The molecule has 9 heteroatoms. The van der Waals surface area contributed by atoms with Crippen LogP contribution in [0.4, 0.5) is 24.8 Å². The smallest absolute Gasteiger partial charge is 0.371 e. The van der Waals surface area contributed by atoms with Crippen molar-refractivity contribution in [2.24, 2.45) is 0 Å². The van der Waals surface area contributed by atoms with Gasteiger partial charge in [0, 0.05) is 60.2 Å². The first kappa shape index (κ1) is 20.1. The number of H-pyrrole nitrogens is 1. The summed E-state index contributed by atoms with van der Waals surface area (Å²) in [6, 6.07) is 5.97. The highest BCUT2D eigenvalue weighted by molar-refractivity contribution is 5.97. The monoisotopic (exact) mass is 430 g/mol. The van der Waals surface area contributed by atoms with Crippen molar-refractivity contribution >= 4 is 22.5 Å². The second-order valence-electron chi connectivity index (χ2n) is 8.27. The molecule has 2 aliphatic heterocycles. The van der Waals surface area contributed by atoms with E-state index in [1.165, 1.54) is 0 Å². The number of fused-ring (bicyclic) bond motifs is 1. The topological polar surface area (TPSA) is 68.9 Å². The number of anilines is 2. The van der Waals surface area contributed by atoms with Crippen LogP contribution in [0, 0.1) is 0 Å². The fraction of sp³-hybridized carbons (Fsp3) is 0.455. The van der Waals surface area contributed by atoms with Crippen LogP contribution in [0.3, 0.4) is 0 Å². The highest BCUT2D eigenvalue weighted by Gasteiger charge is 2.36. The number of alkyl halides is 3. The second-order valence-corrected chi connectivity index (χ2v) is 8.27. The third-order valence-corrected chi connectivity index (χ3v) is 6.12. The van der Waals surface area contributed by atoms with Crippen LogP contribution in [-0.4, -0.2) is 47.2 Å². The first-order valence-electron chi connectivity index (χ1n) is 10.8. The van der Waals surface area contributed by atoms with Gasteiger partial charge in [0.25, 0.3) is 0 Å². The van der Waals surface area contributed by atoms with E-state index in [2.05, 4.69) is 30.5 Å². The molecule has 1 aromatic carbocycles. The molecule has 2 fully saturated rings. The molecule has 6 nitrogen and oxygen atoms in total. The third-order valence-electron chi connectivity index (χ3n) is 6.12. The predicted octanol–water partition coefficient (Wildman–Crippen LogP) is 4.41. The van der Waals surface area contributed by atoms with Gasteiger partial charge in [0.1, 0.15) is 5.56 Å². The third kappa shape index (κ3) is 4.06. The Morgan fingerprint density at radius 3 is 2.71 bits per heavy atom. The number of benzene rings is 1. The van der Waals surface area contributed by atoms with Crippen LogP contribution in [0.25, 0.3) is 22.2 Å². The molecule has 2 aliphatic rings. The summed E-state index contributed by atoms with van der Waals surface area (Å²) in [4.78, 5) is 13.7. The molecule has 2 saturated heterocycles. The molecule has 0 spiro atoms. The van der Waals surface area contributed by atoms with Gasteiger partial charge in [0.05, 0.1) is 5.69 Å². The minimum Gasteiger partial charge on any atom is -0.371 e. The molecule has 1 atom stereocenters. The highest BCUT2D eigenvalue weighted by atomic mass is 19.4. The van der Waals surface area contributed by atoms with Crippen LogP contribution >= 0.6 is 0 Å². The van der Waals surface area contributed by atoms with Gasteiger partial charge in [0.15, 0.2) is 0 Å². The average molecular weight is 430 g/mol. The summed E-state index contributed by atoms with van der Waals surface area (Å²) in [7, 11) is 0. The molecular formula is C22H25F3N6. The Morgan fingerprint density at radius 1 is 1.13 bits per heavy atom. The number of hydrogen-bond acceptors (Lipinski definition) is 5. The quantitative estimate of drug-likeness (QED) is 0.572. The minimum atomic E-state index is -4.54. The number of aromatic nitrogens is 3.